The van der Waals surface area contributed by atoms with Gasteiger partial charge in [-0.05, 0) is 49.4 Å². The number of benzene rings is 1. The standard InChI is InChI=1S/C16H19F2N3/c1-21(9-6-12-4-7-20-8-5-12)11-16(19)14-10-13(17)2-3-15(14)18/h2-5,7-8,10,16H,6,9,11,19H2,1H3. The van der Waals surface area contributed by atoms with E-state index in [1.807, 2.05) is 24.1 Å². The molecule has 0 radical (unpaired) electrons. The van der Waals surface area contributed by atoms with Crippen LogP contribution in [0.4, 0.5) is 8.78 Å². The molecule has 0 bridgehead atoms. The van der Waals surface area contributed by atoms with E-state index in [0.29, 0.717) is 6.54 Å². The number of nitrogens with two attached hydrogens (primary N) is 1. The molecular formula is C16H19F2N3. The molecule has 3 nitrogen and oxygen atoms in total. The minimum absolute atomic E-state index is 0.214. The van der Waals surface area contributed by atoms with Crippen LogP contribution >= 0.6 is 0 Å². The van der Waals surface area contributed by atoms with Crippen molar-refractivity contribution in [3.05, 3.63) is 65.5 Å². The molecule has 0 fully saturated rings. The molecule has 21 heavy (non-hydrogen) atoms. The topological polar surface area (TPSA) is 42.2 Å². The average Bonchev–Trinajstić information content (AvgIpc) is 2.48. The van der Waals surface area contributed by atoms with Gasteiger partial charge in [0.2, 0.25) is 0 Å². The highest BCUT2D eigenvalue weighted by molar-refractivity contribution is 5.22. The fourth-order valence-electron chi connectivity index (χ4n) is 2.19. The Morgan fingerprint density at radius 2 is 1.90 bits per heavy atom. The van der Waals surface area contributed by atoms with E-state index in [-0.39, 0.29) is 5.56 Å². The molecule has 1 aromatic heterocycles. The van der Waals surface area contributed by atoms with Crippen molar-refractivity contribution in [2.45, 2.75) is 12.5 Å². The van der Waals surface area contributed by atoms with Gasteiger partial charge in [-0.1, -0.05) is 0 Å². The van der Waals surface area contributed by atoms with Crippen molar-refractivity contribution in [1.82, 2.24) is 9.88 Å². The minimum atomic E-state index is -0.553. The summed E-state index contributed by atoms with van der Waals surface area (Å²) in [4.78, 5) is 5.98. The van der Waals surface area contributed by atoms with Crippen molar-refractivity contribution in [3.8, 4) is 0 Å². The second-order valence-electron chi connectivity index (χ2n) is 5.14. The highest BCUT2D eigenvalue weighted by Crippen LogP contribution is 2.17. The highest BCUT2D eigenvalue weighted by atomic mass is 19.1. The zero-order chi connectivity index (χ0) is 15.2. The van der Waals surface area contributed by atoms with Crippen LogP contribution in [0.25, 0.3) is 0 Å². The molecule has 112 valence electrons. The molecule has 0 amide bonds. The van der Waals surface area contributed by atoms with Crippen molar-refractivity contribution in [2.24, 2.45) is 5.73 Å². The van der Waals surface area contributed by atoms with E-state index < -0.39 is 17.7 Å². The third-order valence-electron chi connectivity index (χ3n) is 3.40. The van der Waals surface area contributed by atoms with Crippen LogP contribution < -0.4 is 5.73 Å². The van der Waals surface area contributed by atoms with Crippen molar-refractivity contribution in [2.75, 3.05) is 20.1 Å². The molecule has 2 N–H and O–H groups in total. The molecule has 1 aromatic carbocycles. The van der Waals surface area contributed by atoms with Crippen LogP contribution in [-0.2, 0) is 6.42 Å². The zero-order valence-corrected chi connectivity index (χ0v) is 12.0. The molecule has 0 saturated carbocycles. The van der Waals surface area contributed by atoms with E-state index in [4.69, 9.17) is 5.73 Å². The SMILES string of the molecule is CN(CCc1ccncc1)CC(N)c1cc(F)ccc1F. The van der Waals surface area contributed by atoms with E-state index in [1.54, 1.807) is 12.4 Å². The lowest BCUT2D eigenvalue weighted by atomic mass is 10.1. The number of aromatic nitrogens is 1. The van der Waals surface area contributed by atoms with Gasteiger partial charge in [0.15, 0.2) is 0 Å². The molecule has 5 heteroatoms. The molecule has 1 atom stereocenters. The molecule has 1 unspecified atom stereocenters. The first-order chi connectivity index (χ1) is 10.1. The van der Waals surface area contributed by atoms with Crippen molar-refractivity contribution < 1.29 is 8.78 Å². The predicted molar refractivity (Wildman–Crippen MR) is 78.7 cm³/mol. The first-order valence-corrected chi connectivity index (χ1v) is 6.84. The van der Waals surface area contributed by atoms with Gasteiger partial charge in [0.05, 0.1) is 0 Å². The normalized spacial score (nSPS) is 12.6. The van der Waals surface area contributed by atoms with Crippen LogP contribution in [0.3, 0.4) is 0 Å². The molecule has 0 saturated heterocycles. The lowest BCUT2D eigenvalue weighted by Gasteiger charge is -2.22. The lowest BCUT2D eigenvalue weighted by molar-refractivity contribution is 0.313. The van der Waals surface area contributed by atoms with Crippen LogP contribution in [0, 0.1) is 11.6 Å². The minimum Gasteiger partial charge on any atom is -0.323 e. The summed E-state index contributed by atoms with van der Waals surface area (Å²) >= 11 is 0. The third kappa shape index (κ3) is 4.58. The molecule has 2 aromatic rings. The Hall–Kier alpha value is -1.85. The average molecular weight is 291 g/mol. The fraction of sp³-hybridized carbons (Fsp3) is 0.312. The van der Waals surface area contributed by atoms with Crippen LogP contribution in [0.2, 0.25) is 0 Å². The third-order valence-corrected chi connectivity index (χ3v) is 3.40. The molecule has 0 aliphatic rings. The zero-order valence-electron chi connectivity index (χ0n) is 12.0. The number of pyridine rings is 1. The van der Waals surface area contributed by atoms with Crippen LogP contribution in [-0.4, -0.2) is 30.0 Å². The molecule has 1 heterocycles. The number of halogens is 2. The number of hydrogen-bond acceptors (Lipinski definition) is 3. The highest BCUT2D eigenvalue weighted by Gasteiger charge is 2.14. The van der Waals surface area contributed by atoms with Crippen LogP contribution in [0.5, 0.6) is 0 Å². The summed E-state index contributed by atoms with van der Waals surface area (Å²) in [7, 11) is 1.91. The van der Waals surface area contributed by atoms with E-state index in [2.05, 4.69) is 4.98 Å². The van der Waals surface area contributed by atoms with Crippen molar-refractivity contribution in [3.63, 3.8) is 0 Å². The monoisotopic (exact) mass is 291 g/mol. The van der Waals surface area contributed by atoms with Crippen LogP contribution in [0.15, 0.2) is 42.7 Å². The number of nitrogens with zero attached hydrogens (tertiary/aromatic N) is 2. The molecule has 0 aliphatic heterocycles. The quantitative estimate of drug-likeness (QED) is 0.889. The van der Waals surface area contributed by atoms with Gasteiger partial charge >= 0.3 is 0 Å². The summed E-state index contributed by atoms with van der Waals surface area (Å²) < 4.78 is 26.8. The van der Waals surface area contributed by atoms with Gasteiger partial charge in [-0.3, -0.25) is 4.98 Å². The van der Waals surface area contributed by atoms with E-state index in [0.717, 1.165) is 31.2 Å². The Labute approximate surface area is 123 Å². The molecule has 2 rings (SSSR count). The summed E-state index contributed by atoms with van der Waals surface area (Å²) in [6.07, 6.45) is 4.36. The Morgan fingerprint density at radius 3 is 2.62 bits per heavy atom. The van der Waals surface area contributed by atoms with Crippen molar-refractivity contribution >= 4 is 0 Å². The lowest BCUT2D eigenvalue weighted by Crippen LogP contribution is -2.31. The maximum absolute atomic E-state index is 13.6. The first-order valence-electron chi connectivity index (χ1n) is 6.84. The Balaban J connectivity index is 1.90. The molecule has 0 spiro atoms. The first kappa shape index (κ1) is 15.5. The number of rotatable bonds is 6. The Bertz CT molecular complexity index is 575. The fourth-order valence-corrected chi connectivity index (χ4v) is 2.19. The second-order valence-corrected chi connectivity index (χ2v) is 5.14. The van der Waals surface area contributed by atoms with Gasteiger partial charge in [-0.25, -0.2) is 8.78 Å². The van der Waals surface area contributed by atoms with E-state index in [1.165, 1.54) is 5.56 Å². The van der Waals surface area contributed by atoms with E-state index >= 15 is 0 Å². The van der Waals surface area contributed by atoms with Gasteiger partial charge < -0.3 is 10.6 Å². The largest absolute Gasteiger partial charge is 0.323 e. The summed E-state index contributed by atoms with van der Waals surface area (Å²) in [6, 6.07) is 6.74. The summed E-state index contributed by atoms with van der Waals surface area (Å²) in [5.74, 6) is -0.937. The summed E-state index contributed by atoms with van der Waals surface area (Å²) in [5.41, 5.74) is 7.37. The van der Waals surface area contributed by atoms with Crippen molar-refractivity contribution in [1.29, 1.82) is 0 Å². The maximum Gasteiger partial charge on any atom is 0.128 e. The predicted octanol–water partition coefficient (Wildman–Crippen LogP) is 2.53. The van der Waals surface area contributed by atoms with Crippen LogP contribution in [0.1, 0.15) is 17.2 Å². The van der Waals surface area contributed by atoms with Gasteiger partial charge in [0.1, 0.15) is 11.6 Å². The number of hydrogen-bond donors (Lipinski definition) is 1. The summed E-state index contributed by atoms with van der Waals surface area (Å²) in [6.45, 7) is 1.25. The second kappa shape index (κ2) is 7.24. The van der Waals surface area contributed by atoms with Gasteiger partial charge in [0.25, 0.3) is 0 Å². The molecular weight excluding hydrogens is 272 g/mol. The van der Waals surface area contributed by atoms with E-state index in [9.17, 15) is 8.78 Å². The Kier molecular flexibility index (Phi) is 5.36. The Morgan fingerprint density at radius 1 is 1.19 bits per heavy atom. The molecule has 0 aliphatic carbocycles. The van der Waals surface area contributed by atoms with Gasteiger partial charge in [-0.2, -0.15) is 0 Å². The number of likely N-dealkylation sites (N-methyl/N-ethyl adjacent to an activating group) is 1. The summed E-state index contributed by atoms with van der Waals surface area (Å²) in [5, 5.41) is 0. The van der Waals surface area contributed by atoms with Gasteiger partial charge in [-0.15, -0.1) is 0 Å². The van der Waals surface area contributed by atoms with Gasteiger partial charge in [0, 0.05) is 37.1 Å². The maximum atomic E-state index is 13.6. The smallest absolute Gasteiger partial charge is 0.128 e.